The smallest absolute Gasteiger partial charge is 0.344 e. The Morgan fingerprint density at radius 3 is 2.44 bits per heavy atom. The van der Waals surface area contributed by atoms with Gasteiger partial charge in [-0.05, 0) is 18.6 Å². The molecule has 0 radical (unpaired) electrons. The molecule has 0 saturated heterocycles. The summed E-state index contributed by atoms with van der Waals surface area (Å²) in [4.78, 5) is 29.6. The van der Waals surface area contributed by atoms with Gasteiger partial charge in [-0.25, -0.2) is 22.9 Å². The summed E-state index contributed by atoms with van der Waals surface area (Å²) in [5, 5.41) is -0.281. The molecule has 3 aromatic rings. The fourth-order valence-electron chi connectivity index (χ4n) is 2.90. The molecule has 0 aliphatic rings. The summed E-state index contributed by atoms with van der Waals surface area (Å²) in [5.74, 6) is -5.29. The van der Waals surface area contributed by atoms with Crippen molar-refractivity contribution in [3.63, 3.8) is 0 Å². The Bertz CT molecular complexity index is 1160. The minimum Gasteiger partial charge on any atom is -0.465 e. The first-order valence-electron chi connectivity index (χ1n) is 9.31. The van der Waals surface area contributed by atoms with E-state index in [-0.39, 0.29) is 27.2 Å². The van der Waals surface area contributed by atoms with Gasteiger partial charge >= 0.3 is 11.9 Å². The second-order valence-corrected chi connectivity index (χ2v) is 8.61. The monoisotopic (exact) mass is 483 g/mol. The molecule has 10 heteroatoms. The first-order valence-corrected chi connectivity index (χ1v) is 10.6. The lowest BCUT2D eigenvalue weighted by molar-refractivity contribution is -0.135. The number of carbonyl (C=O) groups excluding carboxylic acids is 2. The molecule has 0 fully saturated rings. The van der Waals surface area contributed by atoms with Crippen LogP contribution >= 0.6 is 23.4 Å². The number of rotatable bonds is 7. The third-order valence-corrected chi connectivity index (χ3v) is 5.84. The summed E-state index contributed by atoms with van der Waals surface area (Å²) < 4.78 is 50.1. The van der Waals surface area contributed by atoms with E-state index in [0.29, 0.717) is 17.3 Å². The highest BCUT2D eigenvalue weighted by atomic mass is 35.5. The van der Waals surface area contributed by atoms with Crippen molar-refractivity contribution in [2.75, 3.05) is 13.8 Å². The van der Waals surface area contributed by atoms with Gasteiger partial charge in [0.2, 0.25) is 0 Å². The van der Waals surface area contributed by atoms with Gasteiger partial charge in [0, 0.05) is 11.5 Å². The summed E-state index contributed by atoms with van der Waals surface area (Å²) in [5.41, 5.74) is 0.182. The van der Waals surface area contributed by atoms with Crippen LogP contribution in [0.5, 0.6) is 5.75 Å². The Hall–Kier alpha value is -2.78. The zero-order valence-corrected chi connectivity index (χ0v) is 18.5. The second kappa shape index (κ2) is 10.2. The normalized spacial score (nSPS) is 12.9. The number of methoxy groups -OCH3 is 1. The predicted octanol–water partition coefficient (Wildman–Crippen LogP) is 5.64. The molecular weight excluding hydrogens is 467 g/mol. The first-order chi connectivity index (χ1) is 15.3. The number of benzene rings is 2. The number of thioether (sulfide) groups is 1. The Morgan fingerprint density at radius 2 is 1.81 bits per heavy atom. The van der Waals surface area contributed by atoms with Gasteiger partial charge in [0.15, 0.2) is 17.4 Å². The van der Waals surface area contributed by atoms with Gasteiger partial charge in [0.1, 0.15) is 22.0 Å². The van der Waals surface area contributed by atoms with Gasteiger partial charge in [-0.15, -0.1) is 11.6 Å². The third kappa shape index (κ3) is 4.99. The number of halogens is 4. The number of ether oxygens (including phenoxy) is 2. The number of fused-ring (bicyclic) bond motifs is 1. The van der Waals surface area contributed by atoms with Crippen LogP contribution in [-0.4, -0.2) is 35.4 Å². The van der Waals surface area contributed by atoms with Gasteiger partial charge in [0.25, 0.3) is 0 Å². The van der Waals surface area contributed by atoms with E-state index < -0.39 is 40.9 Å². The molecule has 0 bridgehead atoms. The fraction of sp³-hybridized carbons (Fsp3) is 0.227. The molecule has 1 heterocycles. The lowest BCUT2D eigenvalue weighted by Crippen LogP contribution is -2.19. The number of esters is 2. The minimum absolute atomic E-state index is 0.114. The average Bonchev–Trinajstić information content (AvgIpc) is 2.79. The van der Waals surface area contributed by atoms with E-state index in [2.05, 4.69) is 4.98 Å². The van der Waals surface area contributed by atoms with Gasteiger partial charge in [-0.1, -0.05) is 42.1 Å². The summed E-state index contributed by atoms with van der Waals surface area (Å²) in [6, 6.07) is 10.2. The van der Waals surface area contributed by atoms with E-state index in [1.54, 1.807) is 37.3 Å². The van der Waals surface area contributed by atoms with Crippen molar-refractivity contribution in [2.24, 2.45) is 0 Å². The molecule has 32 heavy (non-hydrogen) atoms. The van der Waals surface area contributed by atoms with Gasteiger partial charge in [0.05, 0.1) is 18.5 Å². The van der Waals surface area contributed by atoms with E-state index >= 15 is 0 Å². The summed E-state index contributed by atoms with van der Waals surface area (Å²) in [6.07, 6.45) is 0. The molecule has 0 spiro atoms. The number of pyridine rings is 1. The SMILES string of the molecule is COC(=O)c1c(SC(Cl)CF)nc2cc(F)c(F)cc2c1OC(=O)[C@H](C)c1ccccc1. The Morgan fingerprint density at radius 1 is 1.16 bits per heavy atom. The quantitative estimate of drug-likeness (QED) is 0.246. The number of alkyl halides is 2. The van der Waals surface area contributed by atoms with Crippen molar-refractivity contribution in [3.8, 4) is 5.75 Å². The molecule has 0 saturated carbocycles. The first kappa shape index (κ1) is 23.9. The molecule has 1 aromatic heterocycles. The Balaban J connectivity index is 2.21. The largest absolute Gasteiger partial charge is 0.465 e. The molecular formula is C22H17ClF3NO4S. The summed E-state index contributed by atoms with van der Waals surface area (Å²) in [7, 11) is 1.08. The third-order valence-electron chi connectivity index (χ3n) is 4.55. The standard InChI is InChI=1S/C22H17ClF3NO4S/c1-11(12-6-4-3-5-7-12)21(28)31-19-13-8-14(25)15(26)9-16(13)27-20(32-17(23)10-24)18(19)22(29)30-2/h3-9,11,17H,10H2,1-2H3/t11-,17?/m1/s1. The molecule has 0 aliphatic heterocycles. The highest BCUT2D eigenvalue weighted by molar-refractivity contribution is 8.01. The maximum absolute atomic E-state index is 14.0. The van der Waals surface area contributed by atoms with Crippen LogP contribution in [-0.2, 0) is 9.53 Å². The van der Waals surface area contributed by atoms with Crippen LogP contribution in [0.2, 0.25) is 0 Å². The van der Waals surface area contributed by atoms with E-state index in [4.69, 9.17) is 21.1 Å². The molecule has 5 nitrogen and oxygen atoms in total. The number of hydrogen-bond donors (Lipinski definition) is 0. The van der Waals surface area contributed by atoms with Crippen molar-refractivity contribution < 1.29 is 32.2 Å². The number of hydrogen-bond acceptors (Lipinski definition) is 6. The summed E-state index contributed by atoms with van der Waals surface area (Å²) in [6.45, 7) is 0.622. The molecule has 168 valence electrons. The van der Waals surface area contributed by atoms with E-state index in [1.807, 2.05) is 0 Å². The lowest BCUT2D eigenvalue weighted by atomic mass is 10.0. The van der Waals surface area contributed by atoms with Crippen LogP contribution in [0.4, 0.5) is 13.2 Å². The molecule has 0 N–H and O–H groups in total. The van der Waals surface area contributed by atoms with E-state index in [0.717, 1.165) is 19.2 Å². The number of aromatic nitrogens is 1. The molecule has 0 aliphatic carbocycles. The van der Waals surface area contributed by atoms with Gasteiger partial charge < -0.3 is 9.47 Å². The topological polar surface area (TPSA) is 65.5 Å². The van der Waals surface area contributed by atoms with Crippen molar-refractivity contribution >= 4 is 46.2 Å². The fourth-order valence-corrected chi connectivity index (χ4v) is 3.90. The van der Waals surface area contributed by atoms with Crippen LogP contribution in [0, 0.1) is 11.6 Å². The van der Waals surface area contributed by atoms with Gasteiger partial charge in [-0.2, -0.15) is 0 Å². The maximum Gasteiger partial charge on any atom is 0.344 e. The van der Waals surface area contributed by atoms with Crippen LogP contribution < -0.4 is 4.74 Å². The van der Waals surface area contributed by atoms with Crippen molar-refractivity contribution in [1.82, 2.24) is 4.98 Å². The van der Waals surface area contributed by atoms with Crippen LogP contribution in [0.25, 0.3) is 10.9 Å². The predicted molar refractivity (Wildman–Crippen MR) is 115 cm³/mol. The molecule has 2 aromatic carbocycles. The molecule has 3 rings (SSSR count). The van der Waals surface area contributed by atoms with E-state index in [9.17, 15) is 22.8 Å². The average molecular weight is 484 g/mol. The van der Waals surface area contributed by atoms with E-state index in [1.165, 1.54) is 0 Å². The van der Waals surface area contributed by atoms with Gasteiger partial charge in [-0.3, -0.25) is 4.79 Å². The van der Waals surface area contributed by atoms with Crippen molar-refractivity contribution in [3.05, 3.63) is 65.2 Å². The highest BCUT2D eigenvalue weighted by Gasteiger charge is 2.29. The Kier molecular flexibility index (Phi) is 7.63. The number of carbonyl (C=O) groups is 2. The van der Waals surface area contributed by atoms with Crippen LogP contribution in [0.3, 0.4) is 0 Å². The summed E-state index contributed by atoms with van der Waals surface area (Å²) >= 11 is 6.53. The second-order valence-electron chi connectivity index (χ2n) is 6.63. The maximum atomic E-state index is 14.0. The Labute approximate surface area is 190 Å². The highest BCUT2D eigenvalue weighted by Crippen LogP contribution is 2.39. The lowest BCUT2D eigenvalue weighted by Gasteiger charge is -2.18. The van der Waals surface area contributed by atoms with Crippen LogP contribution in [0.15, 0.2) is 47.5 Å². The molecule has 1 unspecified atom stereocenters. The number of nitrogens with zero attached hydrogens (tertiary/aromatic N) is 1. The zero-order valence-electron chi connectivity index (χ0n) is 16.9. The van der Waals surface area contributed by atoms with Crippen molar-refractivity contribution in [1.29, 1.82) is 0 Å². The minimum atomic E-state index is -1.23. The van der Waals surface area contributed by atoms with Crippen LogP contribution in [0.1, 0.15) is 28.8 Å². The molecule has 2 atom stereocenters. The van der Waals surface area contributed by atoms with Crippen molar-refractivity contribution in [2.45, 2.75) is 22.6 Å². The molecule has 0 amide bonds. The zero-order chi connectivity index (χ0) is 23.4.